The zero-order valence-corrected chi connectivity index (χ0v) is 21.3. The second kappa shape index (κ2) is 13.1. The fraction of sp³-hybridized carbons (Fsp3) is 0.379. The molecule has 0 heterocycles. The van der Waals surface area contributed by atoms with Crippen molar-refractivity contribution in [3.63, 3.8) is 0 Å². The molecule has 0 saturated carbocycles. The van der Waals surface area contributed by atoms with E-state index in [1.807, 2.05) is 4.90 Å². The van der Waals surface area contributed by atoms with Crippen LogP contribution < -0.4 is 20.4 Å². The Morgan fingerprint density at radius 3 is 1.37 bits per heavy atom. The van der Waals surface area contributed by atoms with Gasteiger partial charge in [-0.1, -0.05) is 36.4 Å². The van der Waals surface area contributed by atoms with E-state index in [4.69, 9.17) is 5.73 Å². The summed E-state index contributed by atoms with van der Waals surface area (Å²) in [6, 6.07) is 26.0. The van der Waals surface area contributed by atoms with Crippen molar-refractivity contribution in [2.45, 2.75) is 12.8 Å². The number of aliphatic hydroxyl groups is 2. The van der Waals surface area contributed by atoms with Crippen LogP contribution in [0, 0.1) is 0 Å². The second-order valence-electron chi connectivity index (χ2n) is 8.90. The summed E-state index contributed by atoms with van der Waals surface area (Å²) in [5, 5.41) is 18.8. The first-order valence-corrected chi connectivity index (χ1v) is 12.4. The van der Waals surface area contributed by atoms with Gasteiger partial charge in [-0.25, -0.2) is 0 Å². The summed E-state index contributed by atoms with van der Waals surface area (Å²) in [6.07, 6.45) is 0. The molecule has 0 spiro atoms. The molecule has 1 unspecified atom stereocenters. The molecule has 0 aliphatic heterocycles. The minimum atomic E-state index is 0.0495. The third-order valence-electron chi connectivity index (χ3n) is 6.45. The maximum absolute atomic E-state index is 9.40. The monoisotopic (exact) mass is 476 g/mol. The first-order valence-electron chi connectivity index (χ1n) is 12.4. The summed E-state index contributed by atoms with van der Waals surface area (Å²) < 4.78 is 0. The lowest BCUT2D eigenvalue weighted by molar-refractivity contribution is 0.281. The second-order valence-corrected chi connectivity index (χ2v) is 8.90. The number of hydrogen-bond acceptors (Lipinski definition) is 6. The number of rotatable bonds is 13. The van der Waals surface area contributed by atoms with Crippen LogP contribution in [-0.4, -0.2) is 70.2 Å². The highest BCUT2D eigenvalue weighted by molar-refractivity contribution is 5.56. The van der Waals surface area contributed by atoms with Crippen molar-refractivity contribution in [2.75, 3.05) is 74.7 Å². The number of aliphatic hydroxyl groups excluding tert-OH is 2. The molecule has 3 rings (SSSR count). The Bertz CT molecular complexity index is 998. The first kappa shape index (κ1) is 26.5. The molecule has 0 aromatic heterocycles. The van der Waals surface area contributed by atoms with Gasteiger partial charge in [-0.3, -0.25) is 0 Å². The van der Waals surface area contributed by atoms with E-state index in [0.29, 0.717) is 19.6 Å². The van der Waals surface area contributed by atoms with Crippen LogP contribution in [0.15, 0.2) is 72.8 Å². The molecule has 0 aliphatic rings. The Morgan fingerprint density at radius 1 is 0.629 bits per heavy atom. The Kier molecular flexibility index (Phi) is 9.97. The SMILES string of the molecule is CCN(CCN)c1ccc(C(c2ccc(N(C)C)cc2)c2ccc(N(CCO)CCO)cc2)cc1. The molecular weight excluding hydrogens is 436 g/mol. The normalized spacial score (nSPS) is 11.8. The van der Waals surface area contributed by atoms with Crippen LogP contribution in [0.3, 0.4) is 0 Å². The van der Waals surface area contributed by atoms with E-state index in [9.17, 15) is 10.2 Å². The van der Waals surface area contributed by atoms with Crippen molar-refractivity contribution in [2.24, 2.45) is 5.73 Å². The maximum atomic E-state index is 9.40. The van der Waals surface area contributed by atoms with Gasteiger partial charge in [-0.15, -0.1) is 0 Å². The fourth-order valence-electron chi connectivity index (χ4n) is 4.53. The van der Waals surface area contributed by atoms with Crippen molar-refractivity contribution >= 4 is 17.1 Å². The van der Waals surface area contributed by atoms with Crippen LogP contribution in [0.1, 0.15) is 29.5 Å². The van der Waals surface area contributed by atoms with Crippen LogP contribution in [0.5, 0.6) is 0 Å². The molecule has 3 aromatic rings. The number of likely N-dealkylation sites (N-methyl/N-ethyl adjacent to an activating group) is 1. The molecule has 0 aliphatic carbocycles. The first-order chi connectivity index (χ1) is 17.0. The van der Waals surface area contributed by atoms with E-state index in [-0.39, 0.29) is 19.1 Å². The number of nitrogens with zero attached hydrogens (tertiary/aromatic N) is 3. The summed E-state index contributed by atoms with van der Waals surface area (Å²) >= 11 is 0. The Labute approximate surface area is 210 Å². The van der Waals surface area contributed by atoms with Crippen molar-refractivity contribution in [3.8, 4) is 0 Å². The molecule has 1 atom stereocenters. The number of anilines is 3. The largest absolute Gasteiger partial charge is 0.395 e. The minimum Gasteiger partial charge on any atom is -0.395 e. The number of benzene rings is 3. The zero-order valence-electron chi connectivity index (χ0n) is 21.3. The molecule has 188 valence electrons. The topological polar surface area (TPSA) is 76.2 Å². The average Bonchev–Trinajstić information content (AvgIpc) is 2.88. The number of hydrogen-bond donors (Lipinski definition) is 3. The van der Waals surface area contributed by atoms with Gasteiger partial charge in [-0.2, -0.15) is 0 Å². The van der Waals surface area contributed by atoms with E-state index >= 15 is 0 Å². The summed E-state index contributed by atoms with van der Waals surface area (Å²) in [7, 11) is 4.10. The average molecular weight is 477 g/mol. The zero-order chi connectivity index (χ0) is 25.2. The highest BCUT2D eigenvalue weighted by Crippen LogP contribution is 2.34. The van der Waals surface area contributed by atoms with Crippen molar-refractivity contribution in [1.29, 1.82) is 0 Å². The van der Waals surface area contributed by atoms with Gasteiger partial charge in [0.15, 0.2) is 0 Å². The Hall–Kier alpha value is -3.06. The fourth-order valence-corrected chi connectivity index (χ4v) is 4.53. The molecule has 0 bridgehead atoms. The van der Waals surface area contributed by atoms with Crippen molar-refractivity contribution in [3.05, 3.63) is 89.5 Å². The van der Waals surface area contributed by atoms with Gasteiger partial charge in [0.05, 0.1) is 13.2 Å². The molecule has 0 fully saturated rings. The lowest BCUT2D eigenvalue weighted by Gasteiger charge is -2.26. The third-order valence-corrected chi connectivity index (χ3v) is 6.45. The highest BCUT2D eigenvalue weighted by atomic mass is 16.3. The van der Waals surface area contributed by atoms with E-state index in [1.165, 1.54) is 28.1 Å². The number of nitrogens with two attached hydrogens (primary N) is 1. The van der Waals surface area contributed by atoms with Crippen LogP contribution in [0.25, 0.3) is 0 Å². The van der Waals surface area contributed by atoms with Crippen LogP contribution in [0.4, 0.5) is 17.1 Å². The van der Waals surface area contributed by atoms with E-state index in [0.717, 1.165) is 18.8 Å². The smallest absolute Gasteiger partial charge is 0.0606 e. The molecule has 0 saturated heterocycles. The molecule has 0 radical (unpaired) electrons. The van der Waals surface area contributed by atoms with Gasteiger partial charge in [0.2, 0.25) is 0 Å². The van der Waals surface area contributed by atoms with Gasteiger partial charge in [0.25, 0.3) is 0 Å². The minimum absolute atomic E-state index is 0.0495. The third kappa shape index (κ3) is 6.75. The van der Waals surface area contributed by atoms with Crippen LogP contribution >= 0.6 is 0 Å². The lowest BCUT2D eigenvalue weighted by Crippen LogP contribution is -2.29. The highest BCUT2D eigenvalue weighted by Gasteiger charge is 2.18. The summed E-state index contributed by atoms with van der Waals surface area (Å²) in [4.78, 5) is 6.39. The molecule has 6 nitrogen and oxygen atoms in total. The van der Waals surface area contributed by atoms with Crippen LogP contribution in [0.2, 0.25) is 0 Å². The van der Waals surface area contributed by atoms with Gasteiger partial charge < -0.3 is 30.6 Å². The van der Waals surface area contributed by atoms with Gasteiger partial charge in [-0.05, 0) is 60.0 Å². The molecule has 35 heavy (non-hydrogen) atoms. The maximum Gasteiger partial charge on any atom is 0.0606 e. The quantitative estimate of drug-likeness (QED) is 0.328. The van der Waals surface area contributed by atoms with E-state index < -0.39 is 0 Å². The Morgan fingerprint density at radius 2 is 1.03 bits per heavy atom. The van der Waals surface area contributed by atoms with Gasteiger partial charge >= 0.3 is 0 Å². The molecule has 3 aromatic carbocycles. The van der Waals surface area contributed by atoms with E-state index in [2.05, 4.69) is 104 Å². The molecule has 0 amide bonds. The Balaban J connectivity index is 1.99. The standard InChI is InChI=1S/C29H40N4O2/c1-4-32(18-17-30)27-13-7-24(8-14-27)29(23-5-11-26(12-6-23)31(2)3)25-9-15-28(16-10-25)33(19-21-34)20-22-35/h5-16,29,34-35H,4,17-22,30H2,1-3H3. The predicted octanol–water partition coefficient (Wildman–Crippen LogP) is 3.51. The lowest BCUT2D eigenvalue weighted by atomic mass is 9.85. The van der Waals surface area contributed by atoms with Gasteiger partial charge in [0.1, 0.15) is 0 Å². The molecule has 6 heteroatoms. The van der Waals surface area contributed by atoms with Gasteiger partial charge in [0, 0.05) is 69.8 Å². The van der Waals surface area contributed by atoms with Crippen LogP contribution in [-0.2, 0) is 0 Å². The molecular formula is C29H40N4O2. The summed E-state index contributed by atoms with van der Waals surface area (Å²) in [5.41, 5.74) is 12.8. The van der Waals surface area contributed by atoms with E-state index in [1.54, 1.807) is 0 Å². The van der Waals surface area contributed by atoms with Crippen molar-refractivity contribution in [1.82, 2.24) is 0 Å². The van der Waals surface area contributed by atoms with Crippen molar-refractivity contribution < 1.29 is 10.2 Å². The molecule has 4 N–H and O–H groups in total. The summed E-state index contributed by atoms with van der Waals surface area (Å²) in [6.45, 7) is 5.63. The predicted molar refractivity (Wildman–Crippen MR) is 148 cm³/mol. The summed E-state index contributed by atoms with van der Waals surface area (Å²) in [5.74, 6) is 0.0861.